The third kappa shape index (κ3) is 10.0. The maximum absolute atomic E-state index is 11.9. The van der Waals surface area contributed by atoms with E-state index in [0.29, 0.717) is 0 Å². The number of hydrogen-bond acceptors (Lipinski definition) is 2. The summed E-state index contributed by atoms with van der Waals surface area (Å²) in [6, 6.07) is 14.5. The zero-order chi connectivity index (χ0) is 19.1. The monoisotopic (exact) mass is 341 g/mol. The van der Waals surface area contributed by atoms with E-state index in [2.05, 4.69) is 12.2 Å². The van der Waals surface area contributed by atoms with Gasteiger partial charge in [-0.25, -0.2) is 0 Å². The summed E-state index contributed by atoms with van der Waals surface area (Å²) < 4.78 is 0. The quantitative estimate of drug-likeness (QED) is 0.696. The molecular weight excluding hydrogens is 310 g/mol. The van der Waals surface area contributed by atoms with Gasteiger partial charge in [-0.3, -0.25) is 4.79 Å². The first-order chi connectivity index (χ1) is 12.1. The molecule has 0 aliphatic heterocycles. The highest BCUT2D eigenvalue weighted by molar-refractivity contribution is 5.92. The molecule has 0 saturated carbocycles. The molecule has 25 heavy (non-hydrogen) atoms. The summed E-state index contributed by atoms with van der Waals surface area (Å²) >= 11 is 0. The summed E-state index contributed by atoms with van der Waals surface area (Å²) in [6.45, 7) is 10.1. The minimum absolute atomic E-state index is 0.0881. The molecule has 2 N–H and O–H groups in total. The maximum Gasteiger partial charge on any atom is 0.228 e. The molecule has 0 aromatic heterocycles. The van der Waals surface area contributed by atoms with E-state index in [1.165, 1.54) is 5.56 Å². The lowest BCUT2D eigenvalue weighted by Crippen LogP contribution is -2.14. The molecule has 1 amide bonds. The van der Waals surface area contributed by atoms with Crippen molar-refractivity contribution in [2.45, 2.75) is 47.5 Å². The first-order valence-corrected chi connectivity index (χ1v) is 8.83. The second-order valence-electron chi connectivity index (χ2n) is 5.11. The molecule has 2 aromatic rings. The van der Waals surface area contributed by atoms with Gasteiger partial charge in [0.25, 0.3) is 0 Å². The summed E-state index contributed by atoms with van der Waals surface area (Å²) in [5.41, 5.74) is 2.83. The molecular formula is C22H31NO2. The molecule has 2 rings (SSSR count). The Bertz CT molecular complexity index is 627. The zero-order valence-corrected chi connectivity index (χ0v) is 16.0. The average Bonchev–Trinajstić information content (AvgIpc) is 2.64. The van der Waals surface area contributed by atoms with Crippen LogP contribution in [-0.2, 0) is 17.6 Å². The molecule has 0 radical (unpaired) electrons. The van der Waals surface area contributed by atoms with Crippen LogP contribution >= 0.6 is 0 Å². The smallest absolute Gasteiger partial charge is 0.228 e. The molecule has 0 atom stereocenters. The number of nitrogens with one attached hydrogen (secondary N) is 1. The Hall–Kier alpha value is -2.55. The fraction of sp³-hybridized carbons (Fsp3) is 0.318. The number of carbonyl (C=O) groups excluding carboxylic acids is 1. The van der Waals surface area contributed by atoms with Crippen molar-refractivity contribution in [2.24, 2.45) is 0 Å². The number of aryl methyl sites for hydroxylation is 1. The van der Waals surface area contributed by atoms with E-state index in [4.69, 9.17) is 0 Å². The van der Waals surface area contributed by atoms with Gasteiger partial charge >= 0.3 is 0 Å². The van der Waals surface area contributed by atoms with Crippen LogP contribution < -0.4 is 5.32 Å². The Labute approximate surface area is 152 Å². The van der Waals surface area contributed by atoms with E-state index in [-0.39, 0.29) is 18.1 Å². The van der Waals surface area contributed by atoms with Crippen molar-refractivity contribution in [3.8, 4) is 5.75 Å². The SMILES string of the molecule is CC.CC=CC.CCc1ccc(NC(=O)Cc2cccc(O)c2)cc1. The van der Waals surface area contributed by atoms with Gasteiger partial charge in [0.2, 0.25) is 5.91 Å². The van der Waals surface area contributed by atoms with Crippen LogP contribution in [0.3, 0.4) is 0 Å². The first kappa shape index (κ1) is 22.4. The van der Waals surface area contributed by atoms with E-state index in [0.717, 1.165) is 17.7 Å². The summed E-state index contributed by atoms with van der Waals surface area (Å²) in [7, 11) is 0. The van der Waals surface area contributed by atoms with E-state index >= 15 is 0 Å². The first-order valence-electron chi connectivity index (χ1n) is 8.83. The normalized spacial score (nSPS) is 9.48. The number of carbonyl (C=O) groups is 1. The van der Waals surface area contributed by atoms with Gasteiger partial charge in [0.05, 0.1) is 6.42 Å². The highest BCUT2D eigenvalue weighted by atomic mass is 16.3. The molecule has 3 heteroatoms. The molecule has 0 aliphatic rings. The molecule has 0 fully saturated rings. The molecule has 0 spiro atoms. The Balaban J connectivity index is 0.000000845. The van der Waals surface area contributed by atoms with Gasteiger partial charge in [-0.05, 0) is 55.7 Å². The summed E-state index contributed by atoms with van der Waals surface area (Å²) in [5, 5.41) is 12.2. The Kier molecular flexibility index (Phi) is 12.4. The minimum atomic E-state index is -0.0881. The van der Waals surface area contributed by atoms with Crippen molar-refractivity contribution in [1.29, 1.82) is 0 Å². The molecule has 0 bridgehead atoms. The van der Waals surface area contributed by atoms with Crippen LogP contribution in [0.15, 0.2) is 60.7 Å². The van der Waals surface area contributed by atoms with Crippen molar-refractivity contribution in [3.63, 3.8) is 0 Å². The lowest BCUT2D eigenvalue weighted by Gasteiger charge is -2.06. The number of allylic oxidation sites excluding steroid dienone is 2. The Morgan fingerprint density at radius 2 is 1.60 bits per heavy atom. The van der Waals surface area contributed by atoms with Gasteiger partial charge in [-0.2, -0.15) is 0 Å². The average molecular weight is 341 g/mol. The van der Waals surface area contributed by atoms with Crippen LogP contribution in [0.5, 0.6) is 5.75 Å². The molecule has 0 unspecified atom stereocenters. The number of amides is 1. The van der Waals surface area contributed by atoms with Gasteiger partial charge in [-0.1, -0.05) is 57.2 Å². The number of aromatic hydroxyl groups is 1. The van der Waals surface area contributed by atoms with Gasteiger partial charge in [0.15, 0.2) is 0 Å². The number of benzene rings is 2. The van der Waals surface area contributed by atoms with Crippen LogP contribution in [0.2, 0.25) is 0 Å². The fourth-order valence-electron chi connectivity index (χ4n) is 1.88. The van der Waals surface area contributed by atoms with Crippen molar-refractivity contribution in [2.75, 3.05) is 5.32 Å². The van der Waals surface area contributed by atoms with E-state index in [1.54, 1.807) is 18.2 Å². The van der Waals surface area contributed by atoms with Gasteiger partial charge in [0, 0.05) is 5.69 Å². The summed E-state index contributed by atoms with van der Waals surface area (Å²) in [4.78, 5) is 11.9. The predicted molar refractivity (Wildman–Crippen MR) is 108 cm³/mol. The highest BCUT2D eigenvalue weighted by Crippen LogP contribution is 2.13. The van der Waals surface area contributed by atoms with Gasteiger partial charge in [0.1, 0.15) is 5.75 Å². The standard InChI is InChI=1S/C16H17NO2.C4H8.C2H6/c1-2-12-6-8-14(9-7-12)17-16(19)11-13-4-3-5-15(18)10-13;1-3-4-2;1-2/h3-10,18H,2,11H2,1H3,(H,17,19);3-4H,1-2H3;1-2H3. The molecule has 2 aromatic carbocycles. The number of hydrogen-bond donors (Lipinski definition) is 2. The van der Waals surface area contributed by atoms with Crippen LogP contribution in [0.4, 0.5) is 5.69 Å². The van der Waals surface area contributed by atoms with Crippen molar-refractivity contribution in [1.82, 2.24) is 0 Å². The van der Waals surface area contributed by atoms with Crippen LogP contribution in [-0.4, -0.2) is 11.0 Å². The summed E-state index contributed by atoms with van der Waals surface area (Å²) in [6.07, 6.45) is 5.24. The minimum Gasteiger partial charge on any atom is -0.508 e. The van der Waals surface area contributed by atoms with E-state index in [9.17, 15) is 9.90 Å². The lowest BCUT2D eigenvalue weighted by atomic mass is 10.1. The summed E-state index contributed by atoms with van der Waals surface area (Å²) in [5.74, 6) is 0.0902. The molecule has 0 aliphatic carbocycles. The number of anilines is 1. The van der Waals surface area contributed by atoms with Gasteiger partial charge < -0.3 is 10.4 Å². The van der Waals surface area contributed by atoms with Crippen LogP contribution in [0.25, 0.3) is 0 Å². The molecule has 3 nitrogen and oxygen atoms in total. The van der Waals surface area contributed by atoms with Gasteiger partial charge in [-0.15, -0.1) is 0 Å². The van der Waals surface area contributed by atoms with Crippen molar-refractivity contribution < 1.29 is 9.90 Å². The second kappa shape index (κ2) is 13.8. The maximum atomic E-state index is 11.9. The van der Waals surface area contributed by atoms with E-state index in [1.807, 2.05) is 70.2 Å². The third-order valence-corrected chi connectivity index (χ3v) is 3.25. The number of phenols is 1. The third-order valence-electron chi connectivity index (χ3n) is 3.25. The molecule has 136 valence electrons. The molecule has 0 heterocycles. The number of phenolic OH excluding ortho intramolecular Hbond substituents is 1. The predicted octanol–water partition coefficient (Wildman–Crippen LogP) is 5.74. The highest BCUT2D eigenvalue weighted by Gasteiger charge is 2.04. The Morgan fingerprint density at radius 3 is 2.08 bits per heavy atom. The fourth-order valence-corrected chi connectivity index (χ4v) is 1.88. The topological polar surface area (TPSA) is 49.3 Å². The lowest BCUT2D eigenvalue weighted by molar-refractivity contribution is -0.115. The molecule has 0 saturated heterocycles. The van der Waals surface area contributed by atoms with Crippen molar-refractivity contribution in [3.05, 3.63) is 71.8 Å². The van der Waals surface area contributed by atoms with Crippen molar-refractivity contribution >= 4 is 11.6 Å². The largest absolute Gasteiger partial charge is 0.508 e. The second-order valence-corrected chi connectivity index (χ2v) is 5.11. The van der Waals surface area contributed by atoms with Crippen LogP contribution in [0, 0.1) is 0 Å². The van der Waals surface area contributed by atoms with E-state index < -0.39 is 0 Å². The Morgan fingerprint density at radius 1 is 1.00 bits per heavy atom. The van der Waals surface area contributed by atoms with Crippen LogP contribution in [0.1, 0.15) is 45.7 Å². The zero-order valence-electron chi connectivity index (χ0n) is 16.0. The number of rotatable bonds is 4.